The largest absolute Gasteiger partial charge is 0.308 e. The summed E-state index contributed by atoms with van der Waals surface area (Å²) in [6.07, 6.45) is 2.80. The summed E-state index contributed by atoms with van der Waals surface area (Å²) < 4.78 is 1.76. The predicted octanol–water partition coefficient (Wildman–Crippen LogP) is 2.68. The Hall–Kier alpha value is -1.31. The molecule has 1 unspecified atom stereocenters. The van der Waals surface area contributed by atoms with Crippen LogP contribution in [0, 0.1) is 6.92 Å². The zero-order valence-corrected chi connectivity index (χ0v) is 9.08. The molecule has 1 atom stereocenters. The third-order valence-electron chi connectivity index (χ3n) is 2.38. The number of allylic oxidation sites excluding steroid dienone is 1. The number of hydrogen-bond acceptors (Lipinski definition) is 1. The van der Waals surface area contributed by atoms with Gasteiger partial charge in [0.2, 0.25) is 0 Å². The minimum Gasteiger partial charge on any atom is -0.308 e. The van der Waals surface area contributed by atoms with Crippen LogP contribution in [0.1, 0.15) is 31.9 Å². The molecule has 0 saturated heterocycles. The SMILES string of the molecule is C=C(C)C(CC)n1cc(C)ccc1=O. The Bertz CT molecular complexity index is 390. The maximum Gasteiger partial charge on any atom is 0.251 e. The first kappa shape index (κ1) is 10.8. The Morgan fingerprint density at radius 1 is 1.57 bits per heavy atom. The molecule has 0 aliphatic carbocycles. The quantitative estimate of drug-likeness (QED) is 0.673. The Kier molecular flexibility index (Phi) is 3.28. The van der Waals surface area contributed by atoms with Crippen LogP contribution in [0.15, 0.2) is 35.3 Å². The third kappa shape index (κ3) is 2.13. The summed E-state index contributed by atoms with van der Waals surface area (Å²) in [7, 11) is 0. The van der Waals surface area contributed by atoms with Crippen LogP contribution in [0.5, 0.6) is 0 Å². The summed E-state index contributed by atoms with van der Waals surface area (Å²) in [5, 5.41) is 0. The summed E-state index contributed by atoms with van der Waals surface area (Å²) in [6, 6.07) is 3.58. The molecule has 0 N–H and O–H groups in total. The summed E-state index contributed by atoms with van der Waals surface area (Å²) in [4.78, 5) is 11.6. The molecule has 1 aromatic rings. The van der Waals surface area contributed by atoms with Gasteiger partial charge in [-0.05, 0) is 25.8 Å². The average Bonchev–Trinajstić information content (AvgIpc) is 2.11. The van der Waals surface area contributed by atoms with Crippen LogP contribution in [0.3, 0.4) is 0 Å². The van der Waals surface area contributed by atoms with Gasteiger partial charge in [-0.1, -0.05) is 25.1 Å². The highest BCUT2D eigenvalue weighted by Gasteiger charge is 2.10. The van der Waals surface area contributed by atoms with E-state index in [1.54, 1.807) is 10.6 Å². The molecule has 1 heterocycles. The van der Waals surface area contributed by atoms with Gasteiger partial charge in [-0.2, -0.15) is 0 Å². The van der Waals surface area contributed by atoms with Crippen molar-refractivity contribution < 1.29 is 0 Å². The first-order valence-electron chi connectivity index (χ1n) is 4.90. The van der Waals surface area contributed by atoms with Crippen LogP contribution >= 0.6 is 0 Å². The highest BCUT2D eigenvalue weighted by molar-refractivity contribution is 5.11. The lowest BCUT2D eigenvalue weighted by Gasteiger charge is -2.18. The topological polar surface area (TPSA) is 22.0 Å². The molecule has 2 nitrogen and oxygen atoms in total. The molecule has 0 amide bonds. The molecule has 0 fully saturated rings. The van der Waals surface area contributed by atoms with Crippen LogP contribution in [-0.2, 0) is 0 Å². The maximum atomic E-state index is 11.6. The second-order valence-corrected chi connectivity index (χ2v) is 3.72. The van der Waals surface area contributed by atoms with Gasteiger partial charge in [0.05, 0.1) is 6.04 Å². The van der Waals surface area contributed by atoms with Crippen LogP contribution in [0.25, 0.3) is 0 Å². The molecule has 14 heavy (non-hydrogen) atoms. The normalized spacial score (nSPS) is 12.5. The molecule has 0 spiro atoms. The van der Waals surface area contributed by atoms with Gasteiger partial charge in [-0.15, -0.1) is 0 Å². The molecule has 0 aliphatic rings. The van der Waals surface area contributed by atoms with Crippen LogP contribution < -0.4 is 5.56 Å². The fourth-order valence-electron chi connectivity index (χ4n) is 1.64. The molecule has 1 aromatic heterocycles. The Balaban J connectivity index is 3.22. The molecular formula is C12H17NO. The number of hydrogen-bond donors (Lipinski definition) is 0. The highest BCUT2D eigenvalue weighted by atomic mass is 16.1. The molecule has 0 aromatic carbocycles. The van der Waals surface area contributed by atoms with E-state index in [0.717, 1.165) is 17.6 Å². The zero-order valence-electron chi connectivity index (χ0n) is 9.08. The smallest absolute Gasteiger partial charge is 0.251 e. The minimum absolute atomic E-state index is 0.0467. The van der Waals surface area contributed by atoms with Crippen molar-refractivity contribution in [3.63, 3.8) is 0 Å². The first-order valence-corrected chi connectivity index (χ1v) is 4.90. The van der Waals surface area contributed by atoms with Gasteiger partial charge in [-0.25, -0.2) is 0 Å². The highest BCUT2D eigenvalue weighted by Crippen LogP contribution is 2.17. The lowest BCUT2D eigenvalue weighted by Crippen LogP contribution is -2.23. The van der Waals surface area contributed by atoms with Crippen molar-refractivity contribution in [1.82, 2.24) is 4.57 Å². The molecule has 2 heteroatoms. The van der Waals surface area contributed by atoms with E-state index in [0.29, 0.717) is 0 Å². The molecule has 0 bridgehead atoms. The van der Waals surface area contributed by atoms with Crippen molar-refractivity contribution in [2.24, 2.45) is 0 Å². The van der Waals surface area contributed by atoms with E-state index < -0.39 is 0 Å². The van der Waals surface area contributed by atoms with Crippen molar-refractivity contribution in [2.45, 2.75) is 33.2 Å². The van der Waals surface area contributed by atoms with E-state index in [2.05, 4.69) is 13.5 Å². The van der Waals surface area contributed by atoms with E-state index in [9.17, 15) is 4.79 Å². The predicted molar refractivity (Wildman–Crippen MR) is 59.6 cm³/mol. The van der Waals surface area contributed by atoms with E-state index in [4.69, 9.17) is 0 Å². The number of aromatic nitrogens is 1. The van der Waals surface area contributed by atoms with Gasteiger partial charge in [0.1, 0.15) is 0 Å². The molecule has 76 valence electrons. The van der Waals surface area contributed by atoms with Gasteiger partial charge >= 0.3 is 0 Å². The average molecular weight is 191 g/mol. The fourth-order valence-corrected chi connectivity index (χ4v) is 1.64. The van der Waals surface area contributed by atoms with E-state index in [1.807, 2.05) is 26.1 Å². The first-order chi connectivity index (χ1) is 6.56. The van der Waals surface area contributed by atoms with Crippen molar-refractivity contribution in [3.05, 3.63) is 46.4 Å². The van der Waals surface area contributed by atoms with Crippen LogP contribution in [0.2, 0.25) is 0 Å². The Morgan fingerprint density at radius 3 is 2.71 bits per heavy atom. The third-order valence-corrected chi connectivity index (χ3v) is 2.38. The molecule has 0 saturated carbocycles. The fraction of sp³-hybridized carbons (Fsp3) is 0.417. The summed E-state index contributed by atoms with van der Waals surface area (Å²) in [5.41, 5.74) is 2.18. The minimum atomic E-state index is 0.0467. The number of rotatable bonds is 3. The van der Waals surface area contributed by atoms with Crippen LogP contribution in [-0.4, -0.2) is 4.57 Å². The van der Waals surface area contributed by atoms with Crippen LogP contribution in [0.4, 0.5) is 0 Å². The van der Waals surface area contributed by atoms with Crippen molar-refractivity contribution in [2.75, 3.05) is 0 Å². The zero-order chi connectivity index (χ0) is 10.7. The second-order valence-electron chi connectivity index (χ2n) is 3.72. The van der Waals surface area contributed by atoms with Gasteiger partial charge in [-0.3, -0.25) is 4.79 Å². The number of nitrogens with zero attached hydrogens (tertiary/aromatic N) is 1. The monoisotopic (exact) mass is 191 g/mol. The standard InChI is InChI=1S/C12H17NO/c1-5-11(9(2)3)13-8-10(4)6-7-12(13)14/h6-8,11H,2,5H2,1,3-4H3. The van der Waals surface area contributed by atoms with E-state index >= 15 is 0 Å². The summed E-state index contributed by atoms with van der Waals surface area (Å²) >= 11 is 0. The van der Waals surface area contributed by atoms with Gasteiger partial charge in [0, 0.05) is 12.3 Å². The molecule has 0 radical (unpaired) electrons. The number of aryl methyl sites for hydroxylation is 1. The summed E-state index contributed by atoms with van der Waals surface area (Å²) in [5.74, 6) is 0. The van der Waals surface area contributed by atoms with Crippen molar-refractivity contribution in [3.8, 4) is 0 Å². The molecule has 1 rings (SSSR count). The Morgan fingerprint density at radius 2 is 2.21 bits per heavy atom. The van der Waals surface area contributed by atoms with Gasteiger partial charge in [0.25, 0.3) is 5.56 Å². The number of pyridine rings is 1. The second kappa shape index (κ2) is 4.27. The van der Waals surface area contributed by atoms with Crippen molar-refractivity contribution in [1.29, 1.82) is 0 Å². The maximum absolute atomic E-state index is 11.6. The van der Waals surface area contributed by atoms with E-state index in [1.165, 1.54) is 0 Å². The van der Waals surface area contributed by atoms with Crippen molar-refractivity contribution >= 4 is 0 Å². The lowest BCUT2D eigenvalue weighted by molar-refractivity contribution is 0.538. The molecular weight excluding hydrogens is 174 g/mol. The van der Waals surface area contributed by atoms with Gasteiger partial charge < -0.3 is 4.57 Å². The Labute approximate surface area is 84.9 Å². The van der Waals surface area contributed by atoms with E-state index in [-0.39, 0.29) is 11.6 Å². The lowest BCUT2D eigenvalue weighted by atomic mass is 10.1. The molecule has 0 aliphatic heterocycles. The van der Waals surface area contributed by atoms with Gasteiger partial charge in [0.15, 0.2) is 0 Å². The summed E-state index contributed by atoms with van der Waals surface area (Å²) in [6.45, 7) is 9.93.